The van der Waals surface area contributed by atoms with Gasteiger partial charge in [-0.1, -0.05) is 42.5 Å². The van der Waals surface area contributed by atoms with E-state index in [4.69, 9.17) is 0 Å². The molecule has 20 heavy (non-hydrogen) atoms. The van der Waals surface area contributed by atoms with Crippen LogP contribution in [0.3, 0.4) is 0 Å². The maximum Gasteiger partial charge on any atom is 0.0541 e. The molecule has 1 aliphatic carbocycles. The Hall–Kier alpha value is -1.38. The summed E-state index contributed by atoms with van der Waals surface area (Å²) < 4.78 is 0. The normalized spacial score (nSPS) is 26.8. The van der Waals surface area contributed by atoms with Crippen molar-refractivity contribution < 1.29 is 5.11 Å². The van der Waals surface area contributed by atoms with E-state index in [1.165, 1.54) is 16.3 Å². The van der Waals surface area contributed by atoms with Crippen LogP contribution in [0.1, 0.15) is 31.2 Å². The number of hydrogen-bond donors (Lipinski definition) is 2. The molecule has 2 N–H and O–H groups in total. The standard InChI is InChI=1S/C18H23NO/c1-19-13-18(10-8-17(20)9-11-18)16-7-6-14-4-2-3-5-15(14)12-16/h2-7,12,17,19-20H,8-11,13H2,1H3/t17-,18+. The van der Waals surface area contributed by atoms with Gasteiger partial charge in [0.15, 0.2) is 0 Å². The quantitative estimate of drug-likeness (QED) is 0.896. The van der Waals surface area contributed by atoms with E-state index in [-0.39, 0.29) is 11.5 Å². The fourth-order valence-electron chi connectivity index (χ4n) is 3.58. The summed E-state index contributed by atoms with van der Waals surface area (Å²) in [7, 11) is 2.02. The molecule has 2 aromatic carbocycles. The SMILES string of the molecule is CNC[C@]1(c2ccc3ccccc3c2)CC[C@@H](O)CC1. The fraction of sp³-hybridized carbons (Fsp3) is 0.444. The highest BCUT2D eigenvalue weighted by Crippen LogP contribution is 2.40. The third-order valence-corrected chi connectivity index (χ3v) is 4.79. The van der Waals surface area contributed by atoms with Gasteiger partial charge in [-0.2, -0.15) is 0 Å². The molecule has 0 saturated heterocycles. The van der Waals surface area contributed by atoms with Crippen molar-refractivity contribution in [2.75, 3.05) is 13.6 Å². The van der Waals surface area contributed by atoms with Crippen LogP contribution < -0.4 is 5.32 Å². The van der Waals surface area contributed by atoms with Gasteiger partial charge in [-0.3, -0.25) is 0 Å². The smallest absolute Gasteiger partial charge is 0.0541 e. The first kappa shape index (κ1) is 13.6. The van der Waals surface area contributed by atoms with E-state index in [0.717, 1.165) is 32.2 Å². The van der Waals surface area contributed by atoms with Crippen molar-refractivity contribution in [3.05, 3.63) is 48.0 Å². The van der Waals surface area contributed by atoms with Crippen molar-refractivity contribution in [3.63, 3.8) is 0 Å². The first-order valence-corrected chi connectivity index (χ1v) is 7.55. The number of rotatable bonds is 3. The molecule has 0 heterocycles. The van der Waals surface area contributed by atoms with E-state index in [9.17, 15) is 5.11 Å². The predicted octanol–water partition coefficient (Wildman–Crippen LogP) is 3.23. The maximum atomic E-state index is 9.81. The second-order valence-electron chi connectivity index (χ2n) is 6.10. The van der Waals surface area contributed by atoms with Gasteiger partial charge >= 0.3 is 0 Å². The third-order valence-electron chi connectivity index (χ3n) is 4.79. The second-order valence-corrected chi connectivity index (χ2v) is 6.10. The van der Waals surface area contributed by atoms with Crippen molar-refractivity contribution in [2.24, 2.45) is 0 Å². The van der Waals surface area contributed by atoms with Gasteiger partial charge in [0, 0.05) is 12.0 Å². The number of fused-ring (bicyclic) bond motifs is 1. The summed E-state index contributed by atoms with van der Waals surface area (Å²) in [6.07, 6.45) is 3.84. The molecular formula is C18H23NO. The van der Waals surface area contributed by atoms with Crippen LogP contribution in [0.2, 0.25) is 0 Å². The van der Waals surface area contributed by atoms with E-state index in [1.54, 1.807) is 0 Å². The van der Waals surface area contributed by atoms with Crippen molar-refractivity contribution in [2.45, 2.75) is 37.2 Å². The molecule has 0 aromatic heterocycles. The molecule has 0 radical (unpaired) electrons. The van der Waals surface area contributed by atoms with Crippen LogP contribution in [0.4, 0.5) is 0 Å². The Bertz CT molecular complexity index is 585. The summed E-state index contributed by atoms with van der Waals surface area (Å²) in [4.78, 5) is 0. The molecule has 0 bridgehead atoms. The van der Waals surface area contributed by atoms with Crippen LogP contribution in [-0.4, -0.2) is 24.8 Å². The Morgan fingerprint density at radius 2 is 1.80 bits per heavy atom. The number of aliphatic hydroxyl groups excluding tert-OH is 1. The summed E-state index contributed by atoms with van der Waals surface area (Å²) in [5.74, 6) is 0. The van der Waals surface area contributed by atoms with Crippen LogP contribution in [0.25, 0.3) is 10.8 Å². The number of hydrogen-bond acceptors (Lipinski definition) is 2. The van der Waals surface area contributed by atoms with Crippen molar-refractivity contribution in [3.8, 4) is 0 Å². The summed E-state index contributed by atoms with van der Waals surface area (Å²) in [5, 5.41) is 15.8. The van der Waals surface area contributed by atoms with Gasteiger partial charge in [-0.25, -0.2) is 0 Å². The maximum absolute atomic E-state index is 9.81. The molecule has 2 nitrogen and oxygen atoms in total. The minimum atomic E-state index is -0.111. The molecule has 1 fully saturated rings. The zero-order valence-electron chi connectivity index (χ0n) is 12.1. The molecule has 1 aliphatic rings. The van der Waals surface area contributed by atoms with Gasteiger partial charge in [0.1, 0.15) is 0 Å². The van der Waals surface area contributed by atoms with Crippen LogP contribution in [-0.2, 0) is 5.41 Å². The fourth-order valence-corrected chi connectivity index (χ4v) is 3.58. The van der Waals surface area contributed by atoms with E-state index in [1.807, 2.05) is 7.05 Å². The third kappa shape index (κ3) is 2.46. The predicted molar refractivity (Wildman–Crippen MR) is 84.0 cm³/mol. The lowest BCUT2D eigenvalue weighted by Crippen LogP contribution is -2.41. The first-order chi connectivity index (χ1) is 9.73. The van der Waals surface area contributed by atoms with Crippen LogP contribution in [0, 0.1) is 0 Å². The molecule has 0 atom stereocenters. The largest absolute Gasteiger partial charge is 0.393 e. The molecule has 2 aromatic rings. The number of likely N-dealkylation sites (N-methyl/N-ethyl adjacent to an activating group) is 1. The molecule has 0 unspecified atom stereocenters. The van der Waals surface area contributed by atoms with E-state index in [2.05, 4.69) is 47.8 Å². The lowest BCUT2D eigenvalue weighted by Gasteiger charge is -2.39. The Balaban J connectivity index is 2.00. The zero-order valence-corrected chi connectivity index (χ0v) is 12.1. The first-order valence-electron chi connectivity index (χ1n) is 7.55. The zero-order chi connectivity index (χ0) is 14.0. The number of benzene rings is 2. The van der Waals surface area contributed by atoms with E-state index < -0.39 is 0 Å². The molecule has 3 rings (SSSR count). The summed E-state index contributed by atoms with van der Waals surface area (Å²) in [6.45, 7) is 0.984. The Morgan fingerprint density at radius 1 is 1.10 bits per heavy atom. The Kier molecular flexibility index (Phi) is 3.77. The molecular weight excluding hydrogens is 246 g/mol. The molecule has 0 amide bonds. The van der Waals surface area contributed by atoms with Gasteiger partial charge in [0.25, 0.3) is 0 Å². The monoisotopic (exact) mass is 269 g/mol. The minimum absolute atomic E-state index is 0.111. The summed E-state index contributed by atoms with van der Waals surface area (Å²) in [5.41, 5.74) is 1.59. The second kappa shape index (κ2) is 5.55. The highest BCUT2D eigenvalue weighted by molar-refractivity contribution is 5.83. The lowest BCUT2D eigenvalue weighted by molar-refractivity contribution is 0.0952. The highest BCUT2D eigenvalue weighted by atomic mass is 16.3. The molecule has 106 valence electrons. The van der Waals surface area contributed by atoms with Crippen molar-refractivity contribution in [1.82, 2.24) is 5.32 Å². The molecule has 2 heteroatoms. The van der Waals surface area contributed by atoms with Gasteiger partial charge in [0.2, 0.25) is 0 Å². The van der Waals surface area contributed by atoms with E-state index >= 15 is 0 Å². The molecule has 0 spiro atoms. The molecule has 0 aliphatic heterocycles. The lowest BCUT2D eigenvalue weighted by atomic mass is 9.68. The van der Waals surface area contributed by atoms with Crippen molar-refractivity contribution >= 4 is 10.8 Å². The van der Waals surface area contributed by atoms with Gasteiger partial charge < -0.3 is 10.4 Å². The van der Waals surface area contributed by atoms with Crippen LogP contribution in [0.15, 0.2) is 42.5 Å². The minimum Gasteiger partial charge on any atom is -0.393 e. The van der Waals surface area contributed by atoms with Crippen LogP contribution in [0.5, 0.6) is 0 Å². The van der Waals surface area contributed by atoms with Crippen molar-refractivity contribution in [1.29, 1.82) is 0 Å². The van der Waals surface area contributed by atoms with Gasteiger partial charge in [-0.05, 0) is 49.1 Å². The Morgan fingerprint density at radius 3 is 2.50 bits per heavy atom. The summed E-state index contributed by atoms with van der Waals surface area (Å²) >= 11 is 0. The topological polar surface area (TPSA) is 32.3 Å². The number of aliphatic hydroxyl groups is 1. The average molecular weight is 269 g/mol. The summed E-state index contributed by atoms with van der Waals surface area (Å²) in [6, 6.07) is 15.4. The van der Waals surface area contributed by atoms with Crippen LogP contribution >= 0.6 is 0 Å². The Labute approximate surface area is 120 Å². The van der Waals surface area contributed by atoms with Gasteiger partial charge in [-0.15, -0.1) is 0 Å². The van der Waals surface area contributed by atoms with E-state index in [0.29, 0.717) is 0 Å². The number of nitrogens with one attached hydrogen (secondary N) is 1. The highest BCUT2D eigenvalue weighted by Gasteiger charge is 2.35. The molecule has 1 saturated carbocycles. The van der Waals surface area contributed by atoms with Gasteiger partial charge in [0.05, 0.1) is 6.10 Å². The average Bonchev–Trinajstić information content (AvgIpc) is 2.49.